The van der Waals surface area contributed by atoms with E-state index in [0.717, 1.165) is 31.6 Å². The highest BCUT2D eigenvalue weighted by molar-refractivity contribution is 5.98. The number of nitrogens with zero attached hydrogens (tertiary/aromatic N) is 1. The summed E-state index contributed by atoms with van der Waals surface area (Å²) in [5.74, 6) is 1.16. The van der Waals surface area contributed by atoms with Gasteiger partial charge < -0.3 is 9.64 Å². The minimum absolute atomic E-state index is 0.280. The number of carbonyl (C=O) groups is 1. The first-order valence-corrected chi connectivity index (χ1v) is 7.87. The fourth-order valence-electron chi connectivity index (χ4n) is 3.62. The van der Waals surface area contributed by atoms with Crippen molar-refractivity contribution in [2.24, 2.45) is 0 Å². The zero-order valence-corrected chi connectivity index (χ0v) is 12.8. The Morgan fingerprint density at radius 3 is 2.64 bits per heavy atom. The van der Waals surface area contributed by atoms with Gasteiger partial charge in [-0.2, -0.15) is 0 Å². The van der Waals surface area contributed by atoms with Crippen LogP contribution in [0.25, 0.3) is 11.1 Å². The maximum Gasteiger partial charge on any atom is 0.227 e. The van der Waals surface area contributed by atoms with Gasteiger partial charge in [0.1, 0.15) is 5.75 Å². The van der Waals surface area contributed by atoms with Gasteiger partial charge in [0.05, 0.1) is 12.8 Å². The number of hydrogen-bond donors (Lipinski definition) is 0. The monoisotopic (exact) mass is 293 g/mol. The minimum atomic E-state index is 0.280. The van der Waals surface area contributed by atoms with Crippen LogP contribution in [0, 0.1) is 0 Å². The first-order chi connectivity index (χ1) is 10.8. The van der Waals surface area contributed by atoms with Gasteiger partial charge in [-0.15, -0.1) is 0 Å². The molecule has 2 aliphatic heterocycles. The van der Waals surface area contributed by atoms with Crippen molar-refractivity contribution in [2.45, 2.75) is 25.7 Å². The van der Waals surface area contributed by atoms with Crippen molar-refractivity contribution in [1.82, 2.24) is 0 Å². The average molecular weight is 293 g/mol. The fourth-order valence-corrected chi connectivity index (χ4v) is 3.62. The summed E-state index contributed by atoms with van der Waals surface area (Å²) < 4.78 is 5.33. The molecule has 0 unspecified atom stereocenters. The second-order valence-corrected chi connectivity index (χ2v) is 6.02. The van der Waals surface area contributed by atoms with Gasteiger partial charge in [-0.3, -0.25) is 4.79 Å². The molecule has 0 atom stereocenters. The molecule has 0 N–H and O–H groups in total. The van der Waals surface area contributed by atoms with E-state index in [4.69, 9.17) is 4.74 Å². The molecule has 2 aromatic rings. The van der Waals surface area contributed by atoms with Crippen LogP contribution < -0.4 is 9.64 Å². The first kappa shape index (κ1) is 13.4. The molecule has 22 heavy (non-hydrogen) atoms. The lowest BCUT2D eigenvalue weighted by atomic mass is 9.88. The number of anilines is 1. The van der Waals surface area contributed by atoms with Crippen molar-refractivity contribution in [3.8, 4) is 16.9 Å². The maximum absolute atomic E-state index is 12.1. The molecule has 0 spiro atoms. The molecule has 3 nitrogen and oxygen atoms in total. The van der Waals surface area contributed by atoms with E-state index in [0.29, 0.717) is 6.42 Å². The van der Waals surface area contributed by atoms with E-state index < -0.39 is 0 Å². The predicted molar refractivity (Wildman–Crippen MR) is 87.4 cm³/mol. The van der Waals surface area contributed by atoms with E-state index in [-0.39, 0.29) is 5.91 Å². The number of hydrogen-bond acceptors (Lipinski definition) is 2. The number of aryl methyl sites for hydroxylation is 2. The molecule has 2 aliphatic rings. The number of carbonyl (C=O) groups excluding carboxylic acids is 1. The molecule has 4 rings (SSSR count). The Morgan fingerprint density at radius 2 is 1.82 bits per heavy atom. The summed E-state index contributed by atoms with van der Waals surface area (Å²) in [4.78, 5) is 14.1. The molecule has 0 fully saturated rings. The summed E-state index contributed by atoms with van der Waals surface area (Å²) in [5.41, 5.74) is 6.22. The zero-order valence-electron chi connectivity index (χ0n) is 12.8. The van der Waals surface area contributed by atoms with Gasteiger partial charge in [-0.05, 0) is 65.8 Å². The highest BCUT2D eigenvalue weighted by Crippen LogP contribution is 2.39. The standard InChI is InChI=1S/C19H19NO2/c1-22-17-6-2-4-13(12-17)16-10-14-5-3-9-20-18(21)8-7-15(11-16)19(14)20/h2,4,6,10-12H,3,5,7-9H2,1H3. The number of rotatable bonds is 2. The summed E-state index contributed by atoms with van der Waals surface area (Å²) >= 11 is 0. The van der Waals surface area contributed by atoms with E-state index >= 15 is 0 Å². The Balaban J connectivity index is 1.85. The van der Waals surface area contributed by atoms with Gasteiger partial charge in [0.15, 0.2) is 0 Å². The van der Waals surface area contributed by atoms with Crippen molar-refractivity contribution in [3.63, 3.8) is 0 Å². The molecule has 3 heteroatoms. The van der Waals surface area contributed by atoms with E-state index in [2.05, 4.69) is 24.3 Å². The largest absolute Gasteiger partial charge is 0.497 e. The Hall–Kier alpha value is -2.29. The lowest BCUT2D eigenvalue weighted by Gasteiger charge is -2.35. The van der Waals surface area contributed by atoms with Crippen LogP contribution in [0.4, 0.5) is 5.69 Å². The number of ether oxygens (including phenoxy) is 1. The average Bonchev–Trinajstić information content (AvgIpc) is 2.58. The minimum Gasteiger partial charge on any atom is -0.497 e. The Morgan fingerprint density at radius 1 is 1.00 bits per heavy atom. The van der Waals surface area contributed by atoms with Gasteiger partial charge >= 0.3 is 0 Å². The van der Waals surface area contributed by atoms with E-state index in [1.54, 1.807) is 7.11 Å². The SMILES string of the molecule is COc1cccc(-c2cc3c4c(c2)CCC(=O)N4CCC3)c1. The van der Waals surface area contributed by atoms with E-state index in [1.165, 1.54) is 27.9 Å². The molecule has 0 aliphatic carbocycles. The molecule has 112 valence electrons. The quantitative estimate of drug-likeness (QED) is 0.847. The molecule has 2 aromatic carbocycles. The molecule has 1 amide bonds. The van der Waals surface area contributed by atoms with Crippen LogP contribution >= 0.6 is 0 Å². The fraction of sp³-hybridized carbons (Fsp3) is 0.316. The van der Waals surface area contributed by atoms with Crippen molar-refractivity contribution in [1.29, 1.82) is 0 Å². The van der Waals surface area contributed by atoms with Crippen LogP contribution in [0.5, 0.6) is 5.75 Å². The highest BCUT2D eigenvalue weighted by atomic mass is 16.5. The van der Waals surface area contributed by atoms with E-state index in [9.17, 15) is 4.79 Å². The summed E-state index contributed by atoms with van der Waals surface area (Å²) in [6.45, 7) is 0.872. The van der Waals surface area contributed by atoms with Gasteiger partial charge in [0, 0.05) is 13.0 Å². The third-order valence-corrected chi connectivity index (χ3v) is 4.68. The Labute approximate surface area is 130 Å². The van der Waals surface area contributed by atoms with Crippen LogP contribution in [0.15, 0.2) is 36.4 Å². The lowest BCUT2D eigenvalue weighted by molar-refractivity contribution is -0.119. The summed E-state index contributed by atoms with van der Waals surface area (Å²) in [7, 11) is 1.69. The third kappa shape index (κ3) is 2.08. The number of amides is 1. The third-order valence-electron chi connectivity index (χ3n) is 4.68. The van der Waals surface area contributed by atoms with E-state index in [1.807, 2.05) is 17.0 Å². The van der Waals surface area contributed by atoms with Crippen molar-refractivity contribution < 1.29 is 9.53 Å². The summed E-state index contributed by atoms with van der Waals surface area (Å²) in [6, 6.07) is 12.7. The summed E-state index contributed by atoms with van der Waals surface area (Å²) in [6.07, 6.45) is 3.60. The predicted octanol–water partition coefficient (Wildman–Crippen LogP) is 3.59. The smallest absolute Gasteiger partial charge is 0.227 e. The van der Waals surface area contributed by atoms with Crippen LogP contribution in [0.2, 0.25) is 0 Å². The first-order valence-electron chi connectivity index (χ1n) is 7.87. The van der Waals surface area contributed by atoms with Crippen molar-refractivity contribution >= 4 is 11.6 Å². The number of benzene rings is 2. The zero-order chi connectivity index (χ0) is 15.1. The van der Waals surface area contributed by atoms with Gasteiger partial charge in [-0.25, -0.2) is 0 Å². The highest BCUT2D eigenvalue weighted by Gasteiger charge is 2.29. The lowest BCUT2D eigenvalue weighted by Crippen LogP contribution is -2.39. The van der Waals surface area contributed by atoms with Gasteiger partial charge in [0.25, 0.3) is 0 Å². The molecule has 0 saturated carbocycles. The Kier molecular flexibility index (Phi) is 3.14. The van der Waals surface area contributed by atoms with Crippen LogP contribution in [0.1, 0.15) is 24.0 Å². The van der Waals surface area contributed by atoms with Crippen LogP contribution in [-0.2, 0) is 17.6 Å². The molecule has 0 radical (unpaired) electrons. The van der Waals surface area contributed by atoms with Gasteiger partial charge in [0.2, 0.25) is 5.91 Å². The maximum atomic E-state index is 12.1. The molecule has 0 aromatic heterocycles. The second-order valence-electron chi connectivity index (χ2n) is 6.02. The molecular weight excluding hydrogens is 274 g/mol. The normalized spacial score (nSPS) is 16.4. The Bertz CT molecular complexity index is 734. The van der Waals surface area contributed by atoms with Crippen LogP contribution in [0.3, 0.4) is 0 Å². The molecule has 0 bridgehead atoms. The molecule has 2 heterocycles. The van der Waals surface area contributed by atoms with Gasteiger partial charge in [-0.1, -0.05) is 12.1 Å². The molecular formula is C19H19NO2. The molecule has 0 saturated heterocycles. The number of methoxy groups -OCH3 is 1. The van der Waals surface area contributed by atoms with Crippen molar-refractivity contribution in [3.05, 3.63) is 47.5 Å². The topological polar surface area (TPSA) is 29.5 Å². The van der Waals surface area contributed by atoms with Crippen LogP contribution in [-0.4, -0.2) is 19.6 Å². The second kappa shape index (κ2) is 5.16. The summed E-state index contributed by atoms with van der Waals surface area (Å²) in [5, 5.41) is 0. The van der Waals surface area contributed by atoms with Crippen molar-refractivity contribution in [2.75, 3.05) is 18.6 Å².